The van der Waals surface area contributed by atoms with Gasteiger partial charge < -0.3 is 23.6 Å². The van der Waals surface area contributed by atoms with Crippen molar-refractivity contribution in [3.8, 4) is 22.9 Å². The third kappa shape index (κ3) is 5.39. The van der Waals surface area contributed by atoms with E-state index in [1.54, 1.807) is 0 Å². The van der Waals surface area contributed by atoms with E-state index < -0.39 is 0 Å². The van der Waals surface area contributed by atoms with Gasteiger partial charge in [0.1, 0.15) is 6.61 Å². The fourth-order valence-electron chi connectivity index (χ4n) is 4.54. The second-order valence-corrected chi connectivity index (χ2v) is 8.69. The van der Waals surface area contributed by atoms with Crippen molar-refractivity contribution in [3.63, 3.8) is 0 Å². The molecule has 8 heteroatoms. The monoisotopic (exact) mass is 463 g/mol. The van der Waals surface area contributed by atoms with Crippen molar-refractivity contribution >= 4 is 5.91 Å². The lowest BCUT2D eigenvalue weighted by atomic mass is 9.94. The summed E-state index contributed by atoms with van der Waals surface area (Å²) < 4.78 is 22.0. The van der Waals surface area contributed by atoms with Gasteiger partial charge in [-0.15, -0.1) is 0 Å². The lowest BCUT2D eigenvalue weighted by molar-refractivity contribution is -0.139. The largest absolute Gasteiger partial charge is 0.454 e. The third-order valence-corrected chi connectivity index (χ3v) is 6.34. The molecule has 0 radical (unpaired) electrons. The van der Waals surface area contributed by atoms with Gasteiger partial charge in [0.2, 0.25) is 24.4 Å². The average Bonchev–Trinajstić information content (AvgIpc) is 3.55. The fraction of sp³-hybridized carbons (Fsp3) is 0.423. The van der Waals surface area contributed by atoms with Crippen molar-refractivity contribution in [1.29, 1.82) is 0 Å². The van der Waals surface area contributed by atoms with Gasteiger partial charge in [0, 0.05) is 24.6 Å². The number of amides is 1. The van der Waals surface area contributed by atoms with Crippen molar-refractivity contribution in [2.75, 3.05) is 19.9 Å². The van der Waals surface area contributed by atoms with Crippen molar-refractivity contribution in [2.45, 2.75) is 51.2 Å². The van der Waals surface area contributed by atoms with Crippen molar-refractivity contribution in [2.24, 2.45) is 0 Å². The van der Waals surface area contributed by atoms with E-state index in [0.29, 0.717) is 42.8 Å². The zero-order chi connectivity index (χ0) is 23.2. The lowest BCUT2D eigenvalue weighted by Gasteiger charge is -2.34. The van der Waals surface area contributed by atoms with Crippen molar-refractivity contribution in [3.05, 3.63) is 60.0 Å². The highest BCUT2D eigenvalue weighted by atomic mass is 16.7. The topological polar surface area (TPSA) is 86.9 Å². The van der Waals surface area contributed by atoms with Crippen LogP contribution in [-0.2, 0) is 22.6 Å². The molecule has 1 amide bonds. The van der Waals surface area contributed by atoms with Crippen LogP contribution in [0, 0.1) is 0 Å². The number of fused-ring (bicyclic) bond motifs is 1. The minimum absolute atomic E-state index is 0.0124. The van der Waals surface area contributed by atoms with E-state index in [-0.39, 0.29) is 25.3 Å². The van der Waals surface area contributed by atoms with Crippen LogP contribution < -0.4 is 9.47 Å². The average molecular weight is 464 g/mol. The Kier molecular flexibility index (Phi) is 7.05. The van der Waals surface area contributed by atoms with Crippen LogP contribution in [0.3, 0.4) is 0 Å². The van der Waals surface area contributed by atoms with E-state index in [2.05, 4.69) is 10.1 Å². The molecule has 2 aliphatic rings. The number of ether oxygens (including phenoxy) is 3. The second-order valence-electron chi connectivity index (χ2n) is 8.69. The number of rotatable bonds is 9. The molecule has 2 heterocycles. The van der Waals surface area contributed by atoms with Crippen LogP contribution in [0.4, 0.5) is 0 Å². The molecule has 1 aromatic heterocycles. The summed E-state index contributed by atoms with van der Waals surface area (Å²) in [5.41, 5.74) is 1.86. The molecule has 0 atom stereocenters. The predicted molar refractivity (Wildman–Crippen MR) is 124 cm³/mol. The minimum atomic E-state index is 0.0124. The van der Waals surface area contributed by atoms with Crippen LogP contribution in [-0.4, -0.2) is 46.9 Å². The van der Waals surface area contributed by atoms with Gasteiger partial charge in [-0.2, -0.15) is 4.98 Å². The highest BCUT2D eigenvalue weighted by Crippen LogP contribution is 2.35. The Labute approximate surface area is 198 Å². The normalized spacial score (nSPS) is 15.4. The van der Waals surface area contributed by atoms with Crippen LogP contribution in [0.15, 0.2) is 53.1 Å². The number of hydrogen-bond donors (Lipinski definition) is 0. The van der Waals surface area contributed by atoms with Crippen LogP contribution in [0.5, 0.6) is 11.5 Å². The molecular formula is C26H29N3O5. The molecule has 0 saturated heterocycles. The molecule has 0 unspecified atom stereocenters. The Morgan fingerprint density at radius 3 is 2.71 bits per heavy atom. The number of carbonyl (C=O) groups excluding carboxylic acids is 1. The number of aromatic nitrogens is 2. The first-order valence-electron chi connectivity index (χ1n) is 11.9. The molecule has 1 aliphatic heterocycles. The summed E-state index contributed by atoms with van der Waals surface area (Å²) >= 11 is 0. The SMILES string of the molecule is O=C(COCc1ccccc1)N(CCc1nc(-c2ccc3c(c2)OCO3)no1)C1CCCCC1. The summed E-state index contributed by atoms with van der Waals surface area (Å²) in [7, 11) is 0. The standard InChI is InChI=1S/C26H29N3O5/c30-25(17-31-16-19-7-3-1-4-8-19)29(21-9-5-2-6-10-21)14-13-24-27-26(28-34-24)20-11-12-22-23(15-20)33-18-32-22/h1,3-4,7-8,11-12,15,21H,2,5-6,9-10,13-14,16-18H2. The molecule has 5 rings (SSSR count). The third-order valence-electron chi connectivity index (χ3n) is 6.34. The summed E-state index contributed by atoms with van der Waals surface area (Å²) in [6, 6.07) is 15.7. The maximum atomic E-state index is 13.1. The molecule has 0 spiro atoms. The highest BCUT2D eigenvalue weighted by Gasteiger charge is 2.26. The molecule has 178 valence electrons. The van der Waals surface area contributed by atoms with Crippen molar-refractivity contribution < 1.29 is 23.5 Å². The molecule has 8 nitrogen and oxygen atoms in total. The number of carbonyl (C=O) groups is 1. The molecule has 1 aliphatic carbocycles. The smallest absolute Gasteiger partial charge is 0.248 e. The van der Waals surface area contributed by atoms with Gasteiger partial charge in [0.25, 0.3) is 0 Å². The lowest BCUT2D eigenvalue weighted by Crippen LogP contribution is -2.44. The van der Waals surface area contributed by atoms with Gasteiger partial charge >= 0.3 is 0 Å². The van der Waals surface area contributed by atoms with Crippen LogP contribution in [0.25, 0.3) is 11.4 Å². The fourth-order valence-corrected chi connectivity index (χ4v) is 4.54. The maximum Gasteiger partial charge on any atom is 0.248 e. The highest BCUT2D eigenvalue weighted by molar-refractivity contribution is 5.77. The molecule has 0 N–H and O–H groups in total. The number of hydrogen-bond acceptors (Lipinski definition) is 7. The molecule has 0 bridgehead atoms. The molecule has 2 aromatic carbocycles. The van der Waals surface area contributed by atoms with Gasteiger partial charge in [-0.25, -0.2) is 0 Å². The zero-order valence-electron chi connectivity index (χ0n) is 19.2. The van der Waals surface area contributed by atoms with E-state index in [0.717, 1.165) is 36.8 Å². The Morgan fingerprint density at radius 1 is 1.03 bits per heavy atom. The minimum Gasteiger partial charge on any atom is -0.454 e. The molecule has 3 aromatic rings. The molecule has 1 saturated carbocycles. The van der Waals surface area contributed by atoms with E-state index in [4.69, 9.17) is 18.7 Å². The Hall–Kier alpha value is -3.39. The van der Waals surface area contributed by atoms with Gasteiger partial charge in [0.15, 0.2) is 11.5 Å². The van der Waals surface area contributed by atoms with Gasteiger partial charge in [-0.05, 0) is 36.6 Å². The van der Waals surface area contributed by atoms with E-state index >= 15 is 0 Å². The number of nitrogens with zero attached hydrogens (tertiary/aromatic N) is 3. The van der Waals surface area contributed by atoms with E-state index in [1.165, 1.54) is 6.42 Å². The first-order chi connectivity index (χ1) is 16.8. The predicted octanol–water partition coefficient (Wildman–Crippen LogP) is 4.39. The van der Waals surface area contributed by atoms with Gasteiger partial charge in [0.05, 0.1) is 6.61 Å². The number of benzene rings is 2. The first kappa shape index (κ1) is 22.4. The van der Waals surface area contributed by atoms with Gasteiger partial charge in [-0.1, -0.05) is 54.8 Å². The Balaban J connectivity index is 1.20. The Morgan fingerprint density at radius 2 is 1.85 bits per heavy atom. The van der Waals surface area contributed by atoms with Gasteiger partial charge in [-0.3, -0.25) is 4.79 Å². The first-order valence-corrected chi connectivity index (χ1v) is 11.9. The summed E-state index contributed by atoms with van der Waals surface area (Å²) in [6.07, 6.45) is 6.07. The van der Waals surface area contributed by atoms with Crippen molar-refractivity contribution in [1.82, 2.24) is 15.0 Å². The maximum absolute atomic E-state index is 13.1. The summed E-state index contributed by atoms with van der Waals surface area (Å²) in [5, 5.41) is 4.12. The van der Waals surface area contributed by atoms with E-state index in [9.17, 15) is 4.79 Å². The quantitative estimate of drug-likeness (QED) is 0.465. The molecule has 34 heavy (non-hydrogen) atoms. The molecule has 1 fully saturated rings. The van der Waals surface area contributed by atoms with Crippen LogP contribution in [0.2, 0.25) is 0 Å². The second kappa shape index (κ2) is 10.7. The van der Waals surface area contributed by atoms with E-state index in [1.807, 2.05) is 53.4 Å². The summed E-state index contributed by atoms with van der Waals surface area (Å²) in [5.74, 6) is 2.40. The zero-order valence-corrected chi connectivity index (χ0v) is 19.2. The van der Waals surface area contributed by atoms with Crippen LogP contribution >= 0.6 is 0 Å². The Bertz CT molecular complexity index is 1090. The summed E-state index contributed by atoms with van der Waals surface area (Å²) in [6.45, 7) is 1.24. The molecular weight excluding hydrogens is 434 g/mol. The summed E-state index contributed by atoms with van der Waals surface area (Å²) in [4.78, 5) is 19.6. The van der Waals surface area contributed by atoms with Crippen LogP contribution in [0.1, 0.15) is 43.6 Å².